The lowest BCUT2D eigenvalue weighted by Gasteiger charge is -2.15. The second-order valence-electron chi connectivity index (χ2n) is 5.39. The molecule has 5 nitrogen and oxygen atoms in total. The highest BCUT2D eigenvalue weighted by molar-refractivity contribution is 7.99. The molecule has 0 aliphatic rings. The first-order valence-electron chi connectivity index (χ1n) is 7.77. The number of carbonyl (C=O) groups is 2. The van der Waals surface area contributed by atoms with Crippen LogP contribution in [-0.4, -0.2) is 34.2 Å². The summed E-state index contributed by atoms with van der Waals surface area (Å²) in [7, 11) is -1.38. The molecule has 0 radical (unpaired) electrons. The van der Waals surface area contributed by atoms with Gasteiger partial charge in [0.15, 0.2) is 6.10 Å². The average molecular weight is 413 g/mol. The number of carbonyl (C=O) groups excluding carboxylic acids is 2. The maximum absolute atomic E-state index is 12.3. The maximum Gasteiger partial charge on any atom is 0.340 e. The summed E-state index contributed by atoms with van der Waals surface area (Å²) < 4.78 is 41.5. The number of rotatable bonds is 7. The van der Waals surface area contributed by atoms with Gasteiger partial charge in [0.05, 0.1) is 21.3 Å². The zero-order valence-corrected chi connectivity index (χ0v) is 16.1. The van der Waals surface area contributed by atoms with Crippen LogP contribution in [0, 0.1) is 0 Å². The Kier molecular flexibility index (Phi) is 7.49. The monoisotopic (exact) mass is 413 g/mol. The van der Waals surface area contributed by atoms with Crippen molar-refractivity contribution in [2.75, 3.05) is 11.6 Å². The van der Waals surface area contributed by atoms with Crippen molar-refractivity contribution in [3.05, 3.63) is 54.1 Å². The standard InChI is InChI=1S/C18H17F2NO4S2/c1-11(25-17(23)14-5-3-4-6-15(14)27(2)24)16(22)21-12-7-9-13(10-8-12)26-18(19)20/h3-11,18H,1-2H3,(H,21,22)/t11-,27+/m0/s1. The highest BCUT2D eigenvalue weighted by Gasteiger charge is 2.21. The molecule has 0 heterocycles. The zero-order valence-electron chi connectivity index (χ0n) is 14.5. The molecule has 0 fully saturated rings. The van der Waals surface area contributed by atoms with Gasteiger partial charge in [-0.05, 0) is 43.3 Å². The summed E-state index contributed by atoms with van der Waals surface area (Å²) in [6.07, 6.45) is 0.337. The molecule has 9 heteroatoms. The molecule has 1 N–H and O–H groups in total. The lowest BCUT2D eigenvalue weighted by Crippen LogP contribution is -2.30. The van der Waals surface area contributed by atoms with Crippen LogP contribution in [0.3, 0.4) is 0 Å². The number of thioether (sulfide) groups is 1. The van der Waals surface area contributed by atoms with Crippen molar-refractivity contribution < 1.29 is 27.3 Å². The quantitative estimate of drug-likeness (QED) is 0.550. The van der Waals surface area contributed by atoms with Crippen LogP contribution >= 0.6 is 11.8 Å². The van der Waals surface area contributed by atoms with Crippen molar-refractivity contribution in [1.82, 2.24) is 0 Å². The number of hydrogen-bond donors (Lipinski definition) is 1. The van der Waals surface area contributed by atoms with Crippen LogP contribution in [0.1, 0.15) is 17.3 Å². The minimum absolute atomic E-state index is 0.131. The Morgan fingerprint density at radius 2 is 1.74 bits per heavy atom. The number of esters is 1. The Bertz CT molecular complexity index is 844. The molecule has 0 bridgehead atoms. The highest BCUT2D eigenvalue weighted by Crippen LogP contribution is 2.26. The predicted octanol–water partition coefficient (Wildman–Crippen LogP) is 3.92. The fraction of sp³-hybridized carbons (Fsp3) is 0.222. The fourth-order valence-electron chi connectivity index (χ4n) is 2.13. The maximum atomic E-state index is 12.3. The van der Waals surface area contributed by atoms with Crippen molar-refractivity contribution in [2.45, 2.75) is 28.6 Å². The third-order valence-corrected chi connectivity index (χ3v) is 5.11. The summed E-state index contributed by atoms with van der Waals surface area (Å²) in [5.74, 6) is -3.86. The summed E-state index contributed by atoms with van der Waals surface area (Å²) in [6, 6.07) is 12.2. The van der Waals surface area contributed by atoms with Gasteiger partial charge >= 0.3 is 5.97 Å². The van der Waals surface area contributed by atoms with Gasteiger partial charge in [-0.25, -0.2) is 4.79 Å². The molecular formula is C18H17F2NO4S2. The van der Waals surface area contributed by atoms with Crippen molar-refractivity contribution >= 4 is 40.1 Å². The first kappa shape index (κ1) is 21.0. The van der Waals surface area contributed by atoms with Gasteiger partial charge in [0.1, 0.15) is 0 Å². The van der Waals surface area contributed by atoms with Gasteiger partial charge in [-0.15, -0.1) is 0 Å². The van der Waals surface area contributed by atoms with Crippen molar-refractivity contribution in [3.8, 4) is 0 Å². The molecule has 144 valence electrons. The normalized spacial score (nSPS) is 13.1. The molecule has 0 saturated carbocycles. The van der Waals surface area contributed by atoms with E-state index >= 15 is 0 Å². The summed E-state index contributed by atoms with van der Waals surface area (Å²) in [5.41, 5.74) is 0.517. The van der Waals surface area contributed by atoms with Crippen molar-refractivity contribution in [3.63, 3.8) is 0 Å². The highest BCUT2D eigenvalue weighted by atomic mass is 32.2. The second-order valence-corrected chi connectivity index (χ2v) is 7.80. The number of amides is 1. The third-order valence-electron chi connectivity index (χ3n) is 3.42. The van der Waals surface area contributed by atoms with E-state index in [-0.39, 0.29) is 5.56 Å². The van der Waals surface area contributed by atoms with E-state index in [1.165, 1.54) is 43.5 Å². The van der Waals surface area contributed by atoms with Gasteiger partial charge in [0.2, 0.25) is 0 Å². The van der Waals surface area contributed by atoms with Crippen LogP contribution in [-0.2, 0) is 20.3 Å². The molecule has 0 aromatic heterocycles. The van der Waals surface area contributed by atoms with E-state index in [0.717, 1.165) is 0 Å². The smallest absolute Gasteiger partial charge is 0.340 e. The molecule has 2 aromatic carbocycles. The minimum atomic E-state index is -2.52. The molecule has 0 aliphatic heterocycles. The first-order valence-corrected chi connectivity index (χ1v) is 10.2. The summed E-state index contributed by atoms with van der Waals surface area (Å²) >= 11 is 0.402. The van der Waals surface area contributed by atoms with E-state index in [2.05, 4.69) is 5.32 Å². The van der Waals surface area contributed by atoms with E-state index in [4.69, 9.17) is 4.74 Å². The fourth-order valence-corrected chi connectivity index (χ4v) is 3.36. The molecule has 0 aliphatic carbocycles. The number of anilines is 1. The molecule has 0 saturated heterocycles. The lowest BCUT2D eigenvalue weighted by molar-refractivity contribution is -0.123. The zero-order chi connectivity index (χ0) is 20.0. The van der Waals surface area contributed by atoms with Crippen LogP contribution in [0.2, 0.25) is 0 Å². The molecule has 0 spiro atoms. The van der Waals surface area contributed by atoms with Crippen LogP contribution in [0.25, 0.3) is 0 Å². The van der Waals surface area contributed by atoms with Crippen molar-refractivity contribution in [2.24, 2.45) is 0 Å². The number of alkyl halides is 2. The van der Waals surface area contributed by atoms with E-state index in [1.54, 1.807) is 18.2 Å². The average Bonchev–Trinajstić information content (AvgIpc) is 2.62. The number of nitrogens with one attached hydrogen (secondary N) is 1. The van der Waals surface area contributed by atoms with Gasteiger partial charge in [-0.2, -0.15) is 8.78 Å². The molecule has 2 rings (SSSR count). The van der Waals surface area contributed by atoms with E-state index in [1.807, 2.05) is 0 Å². The van der Waals surface area contributed by atoms with Crippen LogP contribution in [0.4, 0.5) is 14.5 Å². The SMILES string of the molecule is C[C@H](OC(=O)c1ccccc1[S@@](C)=O)C(=O)Nc1ccc(SC(F)F)cc1. The largest absolute Gasteiger partial charge is 0.449 e. The summed E-state index contributed by atoms with van der Waals surface area (Å²) in [5, 5.41) is 2.54. The molecule has 1 amide bonds. The van der Waals surface area contributed by atoms with E-state index < -0.39 is 34.5 Å². The molecule has 2 atom stereocenters. The summed E-state index contributed by atoms with van der Waals surface area (Å²) in [4.78, 5) is 25.2. The Hall–Kier alpha value is -2.26. The Morgan fingerprint density at radius 3 is 2.33 bits per heavy atom. The van der Waals surface area contributed by atoms with Crippen LogP contribution in [0.15, 0.2) is 58.3 Å². The first-order chi connectivity index (χ1) is 12.8. The van der Waals surface area contributed by atoms with Gasteiger partial charge in [0, 0.05) is 16.8 Å². The Balaban J connectivity index is 1.99. The topological polar surface area (TPSA) is 72.5 Å². The summed E-state index contributed by atoms with van der Waals surface area (Å²) in [6.45, 7) is 1.40. The van der Waals surface area contributed by atoms with Crippen LogP contribution in [0.5, 0.6) is 0 Å². The minimum Gasteiger partial charge on any atom is -0.449 e. The second kappa shape index (κ2) is 9.61. The van der Waals surface area contributed by atoms with Gasteiger partial charge in [-0.3, -0.25) is 9.00 Å². The molecule has 0 unspecified atom stereocenters. The van der Waals surface area contributed by atoms with E-state index in [9.17, 15) is 22.6 Å². The van der Waals surface area contributed by atoms with Gasteiger partial charge in [0.25, 0.3) is 11.7 Å². The molecular weight excluding hydrogens is 396 g/mol. The Morgan fingerprint density at radius 1 is 1.11 bits per heavy atom. The number of hydrogen-bond acceptors (Lipinski definition) is 5. The van der Waals surface area contributed by atoms with Gasteiger partial charge in [-0.1, -0.05) is 23.9 Å². The Labute approximate surface area is 161 Å². The van der Waals surface area contributed by atoms with Gasteiger partial charge < -0.3 is 10.1 Å². The van der Waals surface area contributed by atoms with E-state index in [0.29, 0.717) is 27.2 Å². The number of benzene rings is 2. The number of halogens is 2. The lowest BCUT2D eigenvalue weighted by atomic mass is 10.2. The van der Waals surface area contributed by atoms with Crippen LogP contribution < -0.4 is 5.32 Å². The number of ether oxygens (including phenoxy) is 1. The third kappa shape index (κ3) is 6.14. The molecule has 27 heavy (non-hydrogen) atoms. The molecule has 2 aromatic rings. The van der Waals surface area contributed by atoms with Crippen molar-refractivity contribution in [1.29, 1.82) is 0 Å². The predicted molar refractivity (Wildman–Crippen MR) is 101 cm³/mol.